The molecule has 0 amide bonds. The van der Waals surface area contributed by atoms with Gasteiger partial charge in [-0.25, -0.2) is 0 Å². The lowest BCUT2D eigenvalue weighted by atomic mass is 10.1. The molecule has 108 valence electrons. The van der Waals surface area contributed by atoms with Crippen molar-refractivity contribution in [2.75, 3.05) is 18.6 Å². The third kappa shape index (κ3) is 4.96. The van der Waals surface area contributed by atoms with Crippen molar-refractivity contribution in [3.63, 3.8) is 0 Å². The van der Waals surface area contributed by atoms with Crippen LogP contribution in [-0.2, 0) is 10.8 Å². The van der Waals surface area contributed by atoms with E-state index in [4.69, 9.17) is 10.5 Å². The van der Waals surface area contributed by atoms with E-state index in [1.165, 1.54) is 0 Å². The molecule has 0 fully saturated rings. The average Bonchev–Trinajstić information content (AvgIpc) is 2.38. The van der Waals surface area contributed by atoms with Gasteiger partial charge >= 0.3 is 0 Å². The SMILES string of the molecule is CCC(C)CS(=O)CC(N)c1cc(C)ccc1OC. The Morgan fingerprint density at radius 2 is 2.05 bits per heavy atom. The highest BCUT2D eigenvalue weighted by atomic mass is 32.2. The number of benzene rings is 1. The minimum absolute atomic E-state index is 0.236. The highest BCUT2D eigenvalue weighted by Gasteiger charge is 2.16. The molecular formula is C15H25NO2S. The first-order valence-electron chi connectivity index (χ1n) is 6.73. The van der Waals surface area contributed by atoms with Crippen molar-refractivity contribution in [2.45, 2.75) is 33.2 Å². The normalized spacial score (nSPS) is 15.8. The number of nitrogens with two attached hydrogens (primary N) is 1. The maximum Gasteiger partial charge on any atom is 0.123 e. The Hall–Kier alpha value is -0.870. The molecule has 3 atom stereocenters. The van der Waals surface area contributed by atoms with Crippen LogP contribution in [0.25, 0.3) is 0 Å². The summed E-state index contributed by atoms with van der Waals surface area (Å²) in [6.07, 6.45) is 1.05. The zero-order valence-electron chi connectivity index (χ0n) is 12.3. The molecule has 0 saturated carbocycles. The van der Waals surface area contributed by atoms with Crippen LogP contribution in [0.2, 0.25) is 0 Å². The van der Waals surface area contributed by atoms with E-state index in [2.05, 4.69) is 13.8 Å². The zero-order chi connectivity index (χ0) is 14.4. The van der Waals surface area contributed by atoms with Crippen LogP contribution >= 0.6 is 0 Å². The summed E-state index contributed by atoms with van der Waals surface area (Å²) < 4.78 is 17.4. The monoisotopic (exact) mass is 283 g/mol. The number of rotatable bonds is 7. The Kier molecular flexibility index (Phi) is 6.52. The Bertz CT molecular complexity index is 434. The van der Waals surface area contributed by atoms with Crippen molar-refractivity contribution < 1.29 is 8.95 Å². The molecule has 3 nitrogen and oxygen atoms in total. The van der Waals surface area contributed by atoms with Gasteiger partial charge in [0.05, 0.1) is 7.11 Å². The van der Waals surface area contributed by atoms with E-state index >= 15 is 0 Å². The summed E-state index contributed by atoms with van der Waals surface area (Å²) in [5.74, 6) is 2.47. The maximum atomic E-state index is 12.1. The van der Waals surface area contributed by atoms with Crippen molar-refractivity contribution in [2.24, 2.45) is 11.7 Å². The average molecular weight is 283 g/mol. The minimum Gasteiger partial charge on any atom is -0.496 e. The van der Waals surface area contributed by atoms with Gasteiger partial charge in [0, 0.05) is 33.9 Å². The third-order valence-electron chi connectivity index (χ3n) is 3.32. The molecular weight excluding hydrogens is 258 g/mol. The van der Waals surface area contributed by atoms with E-state index in [0.717, 1.165) is 29.1 Å². The summed E-state index contributed by atoms with van der Waals surface area (Å²) in [4.78, 5) is 0. The predicted octanol–water partition coefficient (Wildman–Crippen LogP) is 2.80. The standard InChI is InChI=1S/C15H25NO2S/c1-5-11(2)9-19(17)10-14(16)13-8-12(3)6-7-15(13)18-4/h6-8,11,14H,5,9-10,16H2,1-4H3. The molecule has 4 heteroatoms. The van der Waals surface area contributed by atoms with E-state index in [9.17, 15) is 4.21 Å². The summed E-state index contributed by atoms with van der Waals surface area (Å²) in [7, 11) is 0.758. The summed E-state index contributed by atoms with van der Waals surface area (Å²) in [5.41, 5.74) is 8.27. The molecule has 0 aliphatic carbocycles. The first-order chi connectivity index (χ1) is 8.97. The zero-order valence-corrected chi connectivity index (χ0v) is 13.1. The molecule has 0 spiro atoms. The Balaban J connectivity index is 2.74. The second kappa shape index (κ2) is 7.65. The van der Waals surface area contributed by atoms with Gasteiger partial charge in [-0.1, -0.05) is 38.0 Å². The predicted molar refractivity (Wildman–Crippen MR) is 82.0 cm³/mol. The number of hydrogen-bond acceptors (Lipinski definition) is 3. The van der Waals surface area contributed by atoms with Crippen molar-refractivity contribution in [1.29, 1.82) is 0 Å². The van der Waals surface area contributed by atoms with Crippen LogP contribution in [0.15, 0.2) is 18.2 Å². The highest BCUT2D eigenvalue weighted by Crippen LogP contribution is 2.25. The van der Waals surface area contributed by atoms with Crippen LogP contribution in [0, 0.1) is 12.8 Å². The largest absolute Gasteiger partial charge is 0.496 e. The Morgan fingerprint density at radius 3 is 2.63 bits per heavy atom. The highest BCUT2D eigenvalue weighted by molar-refractivity contribution is 7.85. The maximum absolute atomic E-state index is 12.1. The van der Waals surface area contributed by atoms with Gasteiger partial charge in [0.2, 0.25) is 0 Å². The van der Waals surface area contributed by atoms with E-state index < -0.39 is 10.8 Å². The van der Waals surface area contributed by atoms with E-state index in [1.807, 2.05) is 25.1 Å². The van der Waals surface area contributed by atoms with Crippen LogP contribution in [-0.4, -0.2) is 22.8 Å². The second-order valence-electron chi connectivity index (χ2n) is 5.14. The van der Waals surface area contributed by atoms with Gasteiger partial charge in [0.25, 0.3) is 0 Å². The first-order valence-corrected chi connectivity index (χ1v) is 8.21. The summed E-state index contributed by atoms with van der Waals surface area (Å²) in [6.45, 7) is 6.26. The molecule has 1 aromatic rings. The lowest BCUT2D eigenvalue weighted by molar-refractivity contribution is 0.407. The first kappa shape index (κ1) is 16.2. The van der Waals surface area contributed by atoms with Crippen molar-refractivity contribution in [3.8, 4) is 5.75 Å². The summed E-state index contributed by atoms with van der Waals surface area (Å²) >= 11 is 0. The van der Waals surface area contributed by atoms with Gasteiger partial charge in [-0.05, 0) is 18.9 Å². The topological polar surface area (TPSA) is 52.3 Å². The molecule has 3 unspecified atom stereocenters. The Morgan fingerprint density at radius 1 is 1.37 bits per heavy atom. The molecule has 0 bridgehead atoms. The molecule has 0 aromatic heterocycles. The fourth-order valence-electron chi connectivity index (χ4n) is 1.94. The van der Waals surface area contributed by atoms with Gasteiger partial charge in [-0.15, -0.1) is 0 Å². The lowest BCUT2D eigenvalue weighted by Crippen LogP contribution is -2.22. The number of hydrogen-bond donors (Lipinski definition) is 1. The molecule has 0 heterocycles. The third-order valence-corrected chi connectivity index (χ3v) is 4.99. The van der Waals surface area contributed by atoms with Gasteiger partial charge in [0.1, 0.15) is 5.75 Å². The van der Waals surface area contributed by atoms with Gasteiger partial charge in [-0.2, -0.15) is 0 Å². The van der Waals surface area contributed by atoms with Crippen LogP contribution in [0.3, 0.4) is 0 Å². The van der Waals surface area contributed by atoms with Crippen molar-refractivity contribution >= 4 is 10.8 Å². The van der Waals surface area contributed by atoms with Gasteiger partial charge in [0.15, 0.2) is 0 Å². The molecule has 0 radical (unpaired) electrons. The van der Waals surface area contributed by atoms with Crippen LogP contribution in [0.5, 0.6) is 5.75 Å². The number of ether oxygens (including phenoxy) is 1. The van der Waals surface area contributed by atoms with Crippen LogP contribution in [0.4, 0.5) is 0 Å². The fraction of sp³-hybridized carbons (Fsp3) is 0.600. The molecule has 19 heavy (non-hydrogen) atoms. The number of methoxy groups -OCH3 is 1. The lowest BCUT2D eigenvalue weighted by Gasteiger charge is -2.17. The summed E-state index contributed by atoms with van der Waals surface area (Å²) in [6, 6.07) is 5.69. The molecule has 2 N–H and O–H groups in total. The smallest absolute Gasteiger partial charge is 0.123 e. The summed E-state index contributed by atoms with van der Waals surface area (Å²) in [5, 5.41) is 0. The molecule has 0 saturated heterocycles. The van der Waals surface area contributed by atoms with E-state index in [0.29, 0.717) is 11.7 Å². The van der Waals surface area contributed by atoms with Crippen LogP contribution < -0.4 is 10.5 Å². The van der Waals surface area contributed by atoms with Crippen LogP contribution in [0.1, 0.15) is 37.4 Å². The van der Waals surface area contributed by atoms with Crippen molar-refractivity contribution in [1.82, 2.24) is 0 Å². The molecule has 0 aliphatic heterocycles. The quantitative estimate of drug-likeness (QED) is 0.837. The van der Waals surface area contributed by atoms with Gasteiger partial charge in [-0.3, -0.25) is 4.21 Å². The number of aryl methyl sites for hydroxylation is 1. The molecule has 0 aliphatic rings. The molecule has 1 rings (SSSR count). The van der Waals surface area contributed by atoms with E-state index in [-0.39, 0.29) is 6.04 Å². The second-order valence-corrected chi connectivity index (χ2v) is 6.68. The minimum atomic E-state index is -0.878. The Labute approximate surface area is 119 Å². The van der Waals surface area contributed by atoms with Crippen molar-refractivity contribution in [3.05, 3.63) is 29.3 Å². The van der Waals surface area contributed by atoms with E-state index in [1.54, 1.807) is 7.11 Å². The fourth-order valence-corrected chi connectivity index (χ4v) is 3.52. The van der Waals surface area contributed by atoms with Gasteiger partial charge < -0.3 is 10.5 Å². The molecule has 1 aromatic carbocycles.